The molecule has 1 fully saturated rings. The van der Waals surface area contributed by atoms with Crippen molar-refractivity contribution in [1.82, 2.24) is 14.7 Å². The molecule has 0 radical (unpaired) electrons. The van der Waals surface area contributed by atoms with Crippen LogP contribution in [0.1, 0.15) is 71.7 Å². The number of nitrogens with zero attached hydrogens (tertiary/aromatic N) is 3. The van der Waals surface area contributed by atoms with Gasteiger partial charge in [-0.25, -0.2) is 14.0 Å². The number of aldehydes is 1. The van der Waals surface area contributed by atoms with Crippen molar-refractivity contribution in [3.63, 3.8) is 0 Å². The molecule has 0 saturated carbocycles. The second-order valence-electron chi connectivity index (χ2n) is 12.0. The van der Waals surface area contributed by atoms with Gasteiger partial charge in [0.1, 0.15) is 12.1 Å². The fraction of sp³-hybridized carbons (Fsp3) is 0.382. The van der Waals surface area contributed by atoms with E-state index >= 15 is 0 Å². The highest BCUT2D eigenvalue weighted by atomic mass is 19.4. The molecule has 0 bridgehead atoms. The maximum atomic E-state index is 14.2. The molecule has 1 aliphatic rings. The molecule has 7 nitrogen and oxygen atoms in total. The summed E-state index contributed by atoms with van der Waals surface area (Å²) in [7, 11) is 1.24. The van der Waals surface area contributed by atoms with Crippen LogP contribution in [0.2, 0.25) is 0 Å². The summed E-state index contributed by atoms with van der Waals surface area (Å²) in [4.78, 5) is 42.4. The summed E-state index contributed by atoms with van der Waals surface area (Å²) in [6, 6.07) is 10.6. The molecule has 1 aliphatic heterocycles. The minimum Gasteiger partial charge on any atom is -0.465 e. The van der Waals surface area contributed by atoms with Crippen molar-refractivity contribution in [1.29, 1.82) is 0 Å². The Morgan fingerprint density at radius 3 is 2.12 bits per heavy atom. The van der Waals surface area contributed by atoms with E-state index < -0.39 is 64.6 Å². The van der Waals surface area contributed by atoms with Crippen LogP contribution < -0.4 is 0 Å². The van der Waals surface area contributed by atoms with E-state index in [0.717, 1.165) is 15.9 Å². The molecule has 4 rings (SSSR count). The quantitative estimate of drug-likeness (QED) is 0.191. The number of alkyl halides is 6. The van der Waals surface area contributed by atoms with Crippen molar-refractivity contribution in [3.05, 3.63) is 106 Å². The van der Waals surface area contributed by atoms with Crippen molar-refractivity contribution >= 4 is 18.4 Å². The van der Waals surface area contributed by atoms with Gasteiger partial charge in [-0.1, -0.05) is 36.4 Å². The number of carboxylic acid groups (broad SMARTS) is 1. The third-order valence-corrected chi connectivity index (χ3v) is 9.03. The average Bonchev–Trinajstić information content (AvgIpc) is 3.02. The number of carbonyl (C=O) groups is 3. The molecule has 0 unspecified atom stereocenters. The summed E-state index contributed by atoms with van der Waals surface area (Å²) in [6.07, 6.45) is -11.3. The van der Waals surface area contributed by atoms with Gasteiger partial charge in [0.05, 0.1) is 28.7 Å². The monoisotopic (exact) mass is 681 g/mol. The lowest BCUT2D eigenvalue weighted by Crippen LogP contribution is -2.59. The summed E-state index contributed by atoms with van der Waals surface area (Å²) < 4.78 is 95.8. The third-order valence-electron chi connectivity index (χ3n) is 9.03. The molecule has 3 aromatic carbocycles. The molecule has 1 N–H and O–H groups in total. The number of carbonyl (C=O) groups excluding carboxylic acids is 2. The van der Waals surface area contributed by atoms with Gasteiger partial charge in [-0.2, -0.15) is 26.3 Å². The maximum absolute atomic E-state index is 14.2. The van der Waals surface area contributed by atoms with Crippen LogP contribution in [0.5, 0.6) is 0 Å². The fourth-order valence-electron chi connectivity index (χ4n) is 6.29. The molecule has 3 amide bonds. The molecule has 48 heavy (non-hydrogen) atoms. The molecular weight excluding hydrogens is 647 g/mol. The number of likely N-dealkylation sites (tertiary alicyclic amines) is 1. The van der Waals surface area contributed by atoms with Gasteiger partial charge in [0.2, 0.25) is 0 Å². The van der Waals surface area contributed by atoms with Crippen molar-refractivity contribution in [2.75, 3.05) is 13.6 Å². The maximum Gasteiger partial charge on any atom is 0.416 e. The van der Waals surface area contributed by atoms with Gasteiger partial charge in [-0.05, 0) is 79.3 Å². The van der Waals surface area contributed by atoms with Crippen molar-refractivity contribution in [2.24, 2.45) is 0 Å². The number of halogens is 7. The summed E-state index contributed by atoms with van der Waals surface area (Å²) in [5, 5.41) is 10.4. The molecule has 258 valence electrons. The Hall–Kier alpha value is -4.62. The molecule has 3 aromatic rings. The Balaban J connectivity index is 1.76. The first-order chi connectivity index (χ1) is 22.4. The summed E-state index contributed by atoms with van der Waals surface area (Å²) in [5.41, 5.74) is -3.29. The van der Waals surface area contributed by atoms with Gasteiger partial charge >= 0.3 is 24.5 Å². The Labute approximate surface area is 272 Å². The second kappa shape index (κ2) is 13.9. The highest BCUT2D eigenvalue weighted by Crippen LogP contribution is 2.45. The molecule has 0 spiro atoms. The van der Waals surface area contributed by atoms with E-state index in [2.05, 4.69) is 0 Å². The van der Waals surface area contributed by atoms with Crippen LogP contribution in [0.25, 0.3) is 0 Å². The van der Waals surface area contributed by atoms with Gasteiger partial charge in [-0.15, -0.1) is 0 Å². The van der Waals surface area contributed by atoms with Gasteiger partial charge in [0.15, 0.2) is 0 Å². The zero-order chi connectivity index (χ0) is 35.6. The number of rotatable bonds is 8. The number of benzene rings is 3. The first-order valence-corrected chi connectivity index (χ1v) is 14.9. The first-order valence-electron chi connectivity index (χ1n) is 14.9. The molecule has 0 aromatic heterocycles. The molecule has 3 atom stereocenters. The molecule has 1 saturated heterocycles. The first kappa shape index (κ1) is 36.2. The molecule has 0 aliphatic carbocycles. The van der Waals surface area contributed by atoms with Crippen LogP contribution >= 0.6 is 0 Å². The van der Waals surface area contributed by atoms with Crippen LogP contribution in [0.15, 0.2) is 66.7 Å². The van der Waals surface area contributed by atoms with Crippen LogP contribution in [0.4, 0.5) is 40.3 Å². The number of hydrogen-bond acceptors (Lipinski definition) is 3. The highest BCUT2D eigenvalue weighted by molar-refractivity contribution is 5.76. The minimum absolute atomic E-state index is 0.00624. The fourth-order valence-corrected chi connectivity index (χ4v) is 6.29. The second-order valence-corrected chi connectivity index (χ2v) is 12.0. The predicted octanol–water partition coefficient (Wildman–Crippen LogP) is 8.63. The zero-order valence-electron chi connectivity index (χ0n) is 26.3. The molecular formula is C34H34F7N3O4. The lowest BCUT2D eigenvalue weighted by molar-refractivity contribution is -0.143. The Kier molecular flexibility index (Phi) is 10.5. The lowest BCUT2D eigenvalue weighted by atomic mass is 9.76. The lowest BCUT2D eigenvalue weighted by Gasteiger charge is -2.51. The van der Waals surface area contributed by atoms with Crippen molar-refractivity contribution in [3.8, 4) is 0 Å². The van der Waals surface area contributed by atoms with E-state index in [0.29, 0.717) is 35.1 Å². The predicted molar refractivity (Wildman–Crippen MR) is 161 cm³/mol. The van der Waals surface area contributed by atoms with Gasteiger partial charge in [0.25, 0.3) is 0 Å². The van der Waals surface area contributed by atoms with E-state index in [1.165, 1.54) is 31.0 Å². The number of aryl methyl sites for hydroxylation is 1. The van der Waals surface area contributed by atoms with E-state index in [1.807, 2.05) is 0 Å². The van der Waals surface area contributed by atoms with Crippen molar-refractivity contribution < 1.29 is 50.2 Å². The number of hydrogen-bond donors (Lipinski definition) is 1. The Morgan fingerprint density at radius 2 is 1.60 bits per heavy atom. The normalized spacial score (nSPS) is 19.0. The van der Waals surface area contributed by atoms with E-state index in [1.54, 1.807) is 37.3 Å². The SMILES string of the molecule is Cc1cc(F)ccc1[C@H]1C[C@@](CC=O)(N(Cc2ccccc2)C(=O)O)CCN1C(=O)N(C)[C@H](C)c1cc(C(F)(F)F)cc(C(F)(F)F)c1. The Morgan fingerprint density at radius 1 is 1.00 bits per heavy atom. The van der Waals surface area contributed by atoms with Crippen LogP contribution in [0, 0.1) is 12.7 Å². The summed E-state index contributed by atoms with van der Waals surface area (Å²) >= 11 is 0. The van der Waals surface area contributed by atoms with E-state index in [-0.39, 0.29) is 38.4 Å². The van der Waals surface area contributed by atoms with Crippen LogP contribution in [0.3, 0.4) is 0 Å². The minimum atomic E-state index is -5.09. The zero-order valence-corrected chi connectivity index (χ0v) is 26.3. The topological polar surface area (TPSA) is 81.2 Å². The van der Waals surface area contributed by atoms with Gasteiger partial charge in [0, 0.05) is 26.6 Å². The summed E-state index contributed by atoms with van der Waals surface area (Å²) in [6.45, 7) is 2.66. The molecule has 1 heterocycles. The van der Waals surface area contributed by atoms with Crippen molar-refractivity contribution in [2.45, 2.75) is 69.6 Å². The van der Waals surface area contributed by atoms with Crippen LogP contribution in [-0.4, -0.2) is 57.3 Å². The average molecular weight is 682 g/mol. The van der Waals surface area contributed by atoms with Gasteiger partial charge < -0.3 is 19.7 Å². The number of urea groups is 1. The molecule has 14 heteroatoms. The summed E-state index contributed by atoms with van der Waals surface area (Å²) in [5.74, 6) is -0.573. The highest BCUT2D eigenvalue weighted by Gasteiger charge is 2.48. The largest absolute Gasteiger partial charge is 0.465 e. The smallest absolute Gasteiger partial charge is 0.416 e. The van der Waals surface area contributed by atoms with Crippen LogP contribution in [-0.2, 0) is 23.7 Å². The number of piperidine rings is 1. The van der Waals surface area contributed by atoms with E-state index in [9.17, 15) is 50.2 Å². The van der Waals surface area contributed by atoms with Gasteiger partial charge in [-0.3, -0.25) is 4.90 Å². The third kappa shape index (κ3) is 7.74. The Bertz CT molecular complexity index is 1620. The van der Waals surface area contributed by atoms with E-state index in [4.69, 9.17) is 0 Å². The standard InChI is InChI=1S/C34H34F7N3O4/c1-21-15-27(35)9-10-28(21)29-19-32(12-14-45,44(31(47)48)20-23-7-5-4-6-8-23)11-13-43(29)30(46)42(3)22(2)24-16-25(33(36,37)38)18-26(17-24)34(39,40)41/h4-10,14-18,22,29H,11-13,19-20H2,1-3H3,(H,47,48)/t22-,29-,32-/m1/s1. The number of amides is 3.